The number of nitrogens with two attached hydrogens (primary N) is 1. The second-order valence-electron chi connectivity index (χ2n) is 8.10. The molecule has 0 unspecified atom stereocenters. The molecule has 0 saturated carbocycles. The van der Waals surface area contributed by atoms with Crippen LogP contribution in [-0.2, 0) is 14.8 Å². The Morgan fingerprint density at radius 1 is 1.06 bits per heavy atom. The number of carbonyl (C=O) groups is 1. The summed E-state index contributed by atoms with van der Waals surface area (Å²) in [5.41, 5.74) is 3.55. The zero-order valence-corrected chi connectivity index (χ0v) is 18.6. The molecule has 0 bridgehead atoms. The molecule has 2 heterocycles. The van der Waals surface area contributed by atoms with Gasteiger partial charge in [0.15, 0.2) is 0 Å². The molecule has 9 heteroatoms. The summed E-state index contributed by atoms with van der Waals surface area (Å²) in [6.45, 7) is 3.87. The lowest BCUT2D eigenvalue weighted by Gasteiger charge is -2.32. The van der Waals surface area contributed by atoms with E-state index in [2.05, 4.69) is 10.0 Å². The van der Waals surface area contributed by atoms with Gasteiger partial charge in [-0.05, 0) is 73.7 Å². The summed E-state index contributed by atoms with van der Waals surface area (Å²) >= 11 is 0. The SMILES string of the molecule is CC1=NN(c2ccc(S(N)(=O)=O)cc2)C(=O)/C1=C\c1ccc(N2CCC(CO)CC2)cc1. The zero-order chi connectivity index (χ0) is 22.9. The second kappa shape index (κ2) is 8.85. The van der Waals surface area contributed by atoms with Crippen molar-refractivity contribution in [3.63, 3.8) is 0 Å². The molecule has 32 heavy (non-hydrogen) atoms. The zero-order valence-electron chi connectivity index (χ0n) is 17.8. The number of hydrogen-bond donors (Lipinski definition) is 2. The van der Waals surface area contributed by atoms with Crippen molar-refractivity contribution in [2.24, 2.45) is 16.2 Å². The van der Waals surface area contributed by atoms with Gasteiger partial charge in [0.25, 0.3) is 5.91 Å². The van der Waals surface area contributed by atoms with E-state index in [1.54, 1.807) is 6.92 Å². The molecule has 1 fully saturated rings. The molecule has 8 nitrogen and oxygen atoms in total. The number of carbonyl (C=O) groups excluding carboxylic acids is 1. The lowest BCUT2D eigenvalue weighted by Crippen LogP contribution is -2.34. The molecule has 2 aliphatic rings. The Kier molecular flexibility index (Phi) is 6.14. The molecule has 1 saturated heterocycles. The molecule has 168 valence electrons. The number of nitrogens with zero attached hydrogens (tertiary/aromatic N) is 3. The van der Waals surface area contributed by atoms with Gasteiger partial charge in [-0.1, -0.05) is 12.1 Å². The van der Waals surface area contributed by atoms with Gasteiger partial charge in [-0.2, -0.15) is 10.1 Å². The molecule has 0 aromatic heterocycles. The van der Waals surface area contributed by atoms with E-state index in [4.69, 9.17) is 5.14 Å². The standard InChI is InChI=1S/C23H26N4O4S/c1-16-22(23(29)27(25-16)20-6-8-21(9-7-20)32(24,30)31)14-17-2-4-19(5-3-17)26-12-10-18(15-28)11-13-26/h2-9,14,18,28H,10-13,15H2,1H3,(H2,24,30,31)/b22-14-. The summed E-state index contributed by atoms with van der Waals surface area (Å²) in [7, 11) is -3.80. The van der Waals surface area contributed by atoms with Crippen LogP contribution in [0.15, 0.2) is 64.1 Å². The van der Waals surface area contributed by atoms with Crippen molar-refractivity contribution in [2.75, 3.05) is 29.6 Å². The van der Waals surface area contributed by atoms with Gasteiger partial charge >= 0.3 is 0 Å². The van der Waals surface area contributed by atoms with Gasteiger partial charge in [0.2, 0.25) is 10.0 Å². The van der Waals surface area contributed by atoms with E-state index in [1.807, 2.05) is 30.3 Å². The minimum absolute atomic E-state index is 0.0231. The third kappa shape index (κ3) is 4.59. The number of aliphatic hydroxyl groups is 1. The molecule has 0 radical (unpaired) electrons. The first kappa shape index (κ1) is 22.2. The molecule has 2 aromatic carbocycles. The van der Waals surface area contributed by atoms with Crippen LogP contribution in [0.4, 0.5) is 11.4 Å². The molecule has 0 spiro atoms. The van der Waals surface area contributed by atoms with E-state index in [-0.39, 0.29) is 17.4 Å². The second-order valence-corrected chi connectivity index (χ2v) is 9.67. The summed E-state index contributed by atoms with van der Waals surface area (Å²) in [6, 6.07) is 13.8. The van der Waals surface area contributed by atoms with Crippen LogP contribution in [0.2, 0.25) is 0 Å². The lowest BCUT2D eigenvalue weighted by molar-refractivity contribution is -0.114. The highest BCUT2D eigenvalue weighted by Crippen LogP contribution is 2.27. The van der Waals surface area contributed by atoms with Crippen LogP contribution in [0.3, 0.4) is 0 Å². The van der Waals surface area contributed by atoms with Crippen LogP contribution in [0.5, 0.6) is 0 Å². The summed E-state index contributed by atoms with van der Waals surface area (Å²) in [5.74, 6) is 0.116. The van der Waals surface area contributed by atoms with Crippen LogP contribution in [0.25, 0.3) is 6.08 Å². The van der Waals surface area contributed by atoms with Crippen molar-refractivity contribution >= 4 is 39.1 Å². The lowest BCUT2D eigenvalue weighted by atomic mass is 9.97. The number of benzene rings is 2. The van der Waals surface area contributed by atoms with Gasteiger partial charge in [0.1, 0.15) is 0 Å². The van der Waals surface area contributed by atoms with Crippen molar-refractivity contribution in [3.8, 4) is 0 Å². The van der Waals surface area contributed by atoms with Gasteiger partial charge < -0.3 is 10.0 Å². The molecule has 1 amide bonds. The monoisotopic (exact) mass is 454 g/mol. The number of hydrazone groups is 1. The minimum atomic E-state index is -3.80. The molecule has 3 N–H and O–H groups in total. The van der Waals surface area contributed by atoms with Crippen LogP contribution in [0, 0.1) is 5.92 Å². The number of hydrogen-bond acceptors (Lipinski definition) is 6. The van der Waals surface area contributed by atoms with Gasteiger partial charge in [-0.15, -0.1) is 0 Å². The van der Waals surface area contributed by atoms with Gasteiger partial charge in [-0.25, -0.2) is 13.6 Å². The molecule has 2 aliphatic heterocycles. The summed E-state index contributed by atoms with van der Waals surface area (Å²) in [4.78, 5) is 15.2. The fourth-order valence-corrected chi connectivity index (χ4v) is 4.47. The van der Waals surface area contributed by atoms with Crippen LogP contribution in [-0.4, -0.2) is 44.8 Å². The molecule has 4 rings (SSSR count). The first-order chi connectivity index (χ1) is 15.3. The molecule has 0 aliphatic carbocycles. The summed E-state index contributed by atoms with van der Waals surface area (Å²) in [6.07, 6.45) is 3.78. The highest BCUT2D eigenvalue weighted by atomic mass is 32.2. The number of sulfonamides is 1. The van der Waals surface area contributed by atoms with Gasteiger partial charge in [-0.3, -0.25) is 4.79 Å². The van der Waals surface area contributed by atoms with Crippen molar-refractivity contribution in [3.05, 3.63) is 59.7 Å². The first-order valence-electron chi connectivity index (χ1n) is 10.5. The van der Waals surface area contributed by atoms with E-state index < -0.39 is 10.0 Å². The Morgan fingerprint density at radius 2 is 1.66 bits per heavy atom. The quantitative estimate of drug-likeness (QED) is 0.673. The molecule has 2 aromatic rings. The van der Waals surface area contributed by atoms with E-state index in [0.29, 0.717) is 22.9 Å². The Balaban J connectivity index is 1.49. The normalized spacial score (nSPS) is 19.0. The molecular formula is C23H26N4O4S. The number of primary sulfonamides is 1. The van der Waals surface area contributed by atoms with Crippen molar-refractivity contribution < 1.29 is 18.3 Å². The van der Waals surface area contributed by atoms with Crippen LogP contribution < -0.4 is 15.0 Å². The minimum Gasteiger partial charge on any atom is -0.396 e. The maximum absolute atomic E-state index is 12.9. The van der Waals surface area contributed by atoms with E-state index in [9.17, 15) is 18.3 Å². The summed E-state index contributed by atoms with van der Waals surface area (Å²) < 4.78 is 22.9. The Bertz CT molecular complexity index is 1160. The third-order valence-electron chi connectivity index (χ3n) is 5.91. The number of piperidine rings is 1. The van der Waals surface area contributed by atoms with Crippen molar-refractivity contribution in [1.29, 1.82) is 0 Å². The topological polar surface area (TPSA) is 116 Å². The molecular weight excluding hydrogens is 428 g/mol. The van der Waals surface area contributed by atoms with Crippen molar-refractivity contribution in [1.82, 2.24) is 0 Å². The van der Waals surface area contributed by atoms with Crippen LogP contribution in [0.1, 0.15) is 25.3 Å². The summed E-state index contributed by atoms with van der Waals surface area (Å²) in [5, 5.41) is 20.0. The van der Waals surface area contributed by atoms with E-state index in [0.717, 1.165) is 37.2 Å². The highest BCUT2D eigenvalue weighted by molar-refractivity contribution is 7.89. The average Bonchev–Trinajstić information content (AvgIpc) is 3.07. The first-order valence-corrected chi connectivity index (χ1v) is 12.0. The maximum Gasteiger partial charge on any atom is 0.280 e. The Hall–Kier alpha value is -3.01. The smallest absolute Gasteiger partial charge is 0.280 e. The van der Waals surface area contributed by atoms with E-state index >= 15 is 0 Å². The Labute approximate surface area is 187 Å². The van der Waals surface area contributed by atoms with Gasteiger partial charge in [0.05, 0.1) is 21.9 Å². The van der Waals surface area contributed by atoms with Gasteiger partial charge in [0, 0.05) is 25.4 Å². The van der Waals surface area contributed by atoms with Crippen LogP contribution >= 0.6 is 0 Å². The maximum atomic E-state index is 12.9. The number of amides is 1. The van der Waals surface area contributed by atoms with E-state index in [1.165, 1.54) is 29.3 Å². The predicted octanol–water partition coefficient (Wildman–Crippen LogP) is 2.35. The Morgan fingerprint density at radius 3 is 2.22 bits per heavy atom. The fraction of sp³-hybridized carbons (Fsp3) is 0.304. The number of anilines is 2. The fourth-order valence-electron chi connectivity index (χ4n) is 3.96. The van der Waals surface area contributed by atoms with Crippen molar-refractivity contribution in [2.45, 2.75) is 24.7 Å². The average molecular weight is 455 g/mol. The third-order valence-corrected chi connectivity index (χ3v) is 6.84. The number of aliphatic hydroxyl groups excluding tert-OH is 1. The number of rotatable bonds is 5. The predicted molar refractivity (Wildman–Crippen MR) is 125 cm³/mol. The highest BCUT2D eigenvalue weighted by Gasteiger charge is 2.29. The largest absolute Gasteiger partial charge is 0.396 e. The molecule has 0 atom stereocenters.